The molecule has 62 valence electrons. The molecule has 0 aliphatic rings. The molecule has 0 unspecified atom stereocenters. The van der Waals surface area contributed by atoms with Gasteiger partial charge in [-0.2, -0.15) is 4.68 Å². The van der Waals surface area contributed by atoms with Crippen LogP contribution in [0.2, 0.25) is 0 Å². The lowest BCUT2D eigenvalue weighted by Gasteiger charge is -1.97. The van der Waals surface area contributed by atoms with Gasteiger partial charge < -0.3 is 11.7 Å². The van der Waals surface area contributed by atoms with Gasteiger partial charge in [-0.3, -0.25) is 4.79 Å². The molecule has 0 spiro atoms. The zero-order chi connectivity index (χ0) is 7.72. The molecular weight excluding hydrogens is 172 g/mol. The zero-order valence-electron chi connectivity index (χ0n) is 5.43. The molecule has 11 heavy (non-hydrogen) atoms. The van der Waals surface area contributed by atoms with Crippen LogP contribution in [0.25, 0.3) is 0 Å². The SMILES string of the molecule is Cl.Nn1ccc(=O)n(N)c1=O. The molecule has 0 amide bonds. The normalized spacial score (nSPS) is 8.73. The van der Waals surface area contributed by atoms with Crippen LogP contribution in [-0.2, 0) is 0 Å². The van der Waals surface area contributed by atoms with Crippen molar-refractivity contribution in [3.63, 3.8) is 0 Å². The van der Waals surface area contributed by atoms with Crippen molar-refractivity contribution in [3.8, 4) is 0 Å². The largest absolute Gasteiger partial charge is 0.368 e. The number of nitrogen functional groups attached to an aromatic ring is 2. The number of rotatable bonds is 0. The maximum Gasteiger partial charge on any atom is 0.368 e. The molecule has 0 atom stereocenters. The molecule has 1 aromatic heterocycles. The van der Waals surface area contributed by atoms with Crippen molar-refractivity contribution < 1.29 is 0 Å². The van der Waals surface area contributed by atoms with E-state index >= 15 is 0 Å². The summed E-state index contributed by atoms with van der Waals surface area (Å²) in [6.45, 7) is 0. The molecule has 0 fully saturated rings. The minimum Gasteiger partial charge on any atom is -0.335 e. The summed E-state index contributed by atoms with van der Waals surface area (Å²) in [5.74, 6) is 10.0. The Hall–Kier alpha value is -1.43. The summed E-state index contributed by atoms with van der Waals surface area (Å²) in [6, 6.07) is 1.10. The summed E-state index contributed by atoms with van der Waals surface area (Å²) in [5, 5.41) is 0. The second-order valence-electron chi connectivity index (χ2n) is 1.71. The van der Waals surface area contributed by atoms with Gasteiger partial charge >= 0.3 is 5.69 Å². The van der Waals surface area contributed by atoms with Gasteiger partial charge in [0, 0.05) is 12.3 Å². The van der Waals surface area contributed by atoms with Gasteiger partial charge in [0.15, 0.2) is 0 Å². The lowest BCUT2D eigenvalue weighted by Crippen LogP contribution is -2.45. The van der Waals surface area contributed by atoms with E-state index in [0.717, 1.165) is 16.9 Å². The fourth-order valence-corrected chi connectivity index (χ4v) is 0.507. The smallest absolute Gasteiger partial charge is 0.335 e. The second kappa shape index (κ2) is 3.11. The number of hydrogen-bond acceptors (Lipinski definition) is 4. The van der Waals surface area contributed by atoms with Gasteiger partial charge in [0.05, 0.1) is 0 Å². The molecule has 0 saturated heterocycles. The quantitative estimate of drug-likeness (QED) is 0.443. The first-order valence-corrected chi connectivity index (χ1v) is 2.48. The Morgan fingerprint density at radius 2 is 1.82 bits per heavy atom. The van der Waals surface area contributed by atoms with Gasteiger partial charge in [-0.05, 0) is 0 Å². The first-order chi connectivity index (χ1) is 4.63. The molecule has 1 heterocycles. The van der Waals surface area contributed by atoms with E-state index < -0.39 is 11.2 Å². The van der Waals surface area contributed by atoms with E-state index in [-0.39, 0.29) is 12.4 Å². The topological polar surface area (TPSA) is 96.0 Å². The van der Waals surface area contributed by atoms with Crippen LogP contribution in [0.5, 0.6) is 0 Å². The third kappa shape index (κ3) is 1.53. The zero-order valence-corrected chi connectivity index (χ0v) is 6.25. The number of nitrogens with zero attached hydrogens (tertiary/aromatic N) is 2. The third-order valence-corrected chi connectivity index (χ3v) is 1.04. The van der Waals surface area contributed by atoms with E-state index in [0.29, 0.717) is 4.68 Å². The van der Waals surface area contributed by atoms with Crippen LogP contribution in [0.4, 0.5) is 0 Å². The summed E-state index contributed by atoms with van der Waals surface area (Å²) >= 11 is 0. The summed E-state index contributed by atoms with van der Waals surface area (Å²) in [6.07, 6.45) is 1.15. The highest BCUT2D eigenvalue weighted by atomic mass is 35.5. The number of halogens is 1. The Balaban J connectivity index is 0.000001000. The van der Waals surface area contributed by atoms with Crippen molar-refractivity contribution in [2.24, 2.45) is 0 Å². The minimum absolute atomic E-state index is 0. The van der Waals surface area contributed by atoms with Gasteiger partial charge in [-0.15, -0.1) is 12.4 Å². The van der Waals surface area contributed by atoms with Crippen LogP contribution >= 0.6 is 12.4 Å². The molecule has 7 heteroatoms. The first-order valence-electron chi connectivity index (χ1n) is 2.48. The fourth-order valence-electron chi connectivity index (χ4n) is 0.507. The molecule has 0 bridgehead atoms. The second-order valence-corrected chi connectivity index (χ2v) is 1.71. The van der Waals surface area contributed by atoms with E-state index in [2.05, 4.69) is 0 Å². The van der Waals surface area contributed by atoms with Gasteiger partial charge in [-0.1, -0.05) is 0 Å². The Morgan fingerprint density at radius 1 is 1.27 bits per heavy atom. The molecule has 0 aromatic carbocycles. The third-order valence-electron chi connectivity index (χ3n) is 1.04. The van der Waals surface area contributed by atoms with E-state index in [4.69, 9.17) is 11.7 Å². The Bertz CT molecular complexity index is 354. The Labute approximate surface area is 67.4 Å². The molecule has 6 nitrogen and oxygen atoms in total. The predicted molar refractivity (Wildman–Crippen MR) is 42.5 cm³/mol. The lowest BCUT2D eigenvalue weighted by atomic mass is 10.7. The standard InChI is InChI=1S/C4H6N4O2.ClH/c5-7-2-1-3(9)8(6)4(7)10;/h1-2H,5-6H2;1H. The summed E-state index contributed by atoms with van der Waals surface area (Å²) in [5.41, 5.74) is -1.32. The van der Waals surface area contributed by atoms with Crippen molar-refractivity contribution in [2.45, 2.75) is 0 Å². The Kier molecular flexibility index (Phi) is 2.70. The van der Waals surface area contributed by atoms with Gasteiger partial charge in [0.1, 0.15) is 0 Å². The van der Waals surface area contributed by atoms with Crippen LogP contribution in [0, 0.1) is 0 Å². The van der Waals surface area contributed by atoms with Crippen LogP contribution < -0.4 is 22.9 Å². The molecular formula is C4H7ClN4O2. The molecule has 0 saturated carbocycles. The molecule has 0 radical (unpaired) electrons. The van der Waals surface area contributed by atoms with Gasteiger partial charge in [0.2, 0.25) is 0 Å². The summed E-state index contributed by atoms with van der Waals surface area (Å²) in [4.78, 5) is 21.2. The van der Waals surface area contributed by atoms with E-state index in [1.165, 1.54) is 0 Å². The van der Waals surface area contributed by atoms with Crippen molar-refractivity contribution in [3.05, 3.63) is 33.1 Å². The maximum atomic E-state index is 10.7. The molecule has 1 aromatic rings. The molecule has 4 N–H and O–H groups in total. The van der Waals surface area contributed by atoms with Crippen LogP contribution in [0.1, 0.15) is 0 Å². The first kappa shape index (κ1) is 9.57. The number of hydrogen-bond donors (Lipinski definition) is 2. The van der Waals surface area contributed by atoms with Gasteiger partial charge in [-0.25, -0.2) is 9.47 Å². The highest BCUT2D eigenvalue weighted by Crippen LogP contribution is 1.60. The minimum atomic E-state index is -0.743. The van der Waals surface area contributed by atoms with Crippen molar-refractivity contribution >= 4 is 12.4 Å². The average Bonchev–Trinajstić information content (AvgIpc) is 1.93. The van der Waals surface area contributed by atoms with Crippen molar-refractivity contribution in [1.82, 2.24) is 9.35 Å². The highest BCUT2D eigenvalue weighted by Gasteiger charge is 1.95. The fraction of sp³-hybridized carbons (Fsp3) is 0. The lowest BCUT2D eigenvalue weighted by molar-refractivity contribution is 0.749. The van der Waals surface area contributed by atoms with E-state index in [1.807, 2.05) is 0 Å². The van der Waals surface area contributed by atoms with Crippen molar-refractivity contribution in [1.29, 1.82) is 0 Å². The molecule has 1 rings (SSSR count). The van der Waals surface area contributed by atoms with Crippen molar-refractivity contribution in [2.75, 3.05) is 11.7 Å². The Morgan fingerprint density at radius 3 is 2.27 bits per heavy atom. The predicted octanol–water partition coefficient (Wildman–Crippen LogP) is -2.14. The highest BCUT2D eigenvalue weighted by molar-refractivity contribution is 5.85. The summed E-state index contributed by atoms with van der Waals surface area (Å²) in [7, 11) is 0. The molecule has 0 aliphatic carbocycles. The molecule has 0 aliphatic heterocycles. The maximum absolute atomic E-state index is 10.7. The average molecular weight is 179 g/mol. The number of aromatic nitrogens is 2. The summed E-state index contributed by atoms with van der Waals surface area (Å²) < 4.78 is 1.15. The number of nitrogens with two attached hydrogens (primary N) is 2. The van der Waals surface area contributed by atoms with Gasteiger partial charge in [0.25, 0.3) is 5.56 Å². The monoisotopic (exact) mass is 178 g/mol. The van der Waals surface area contributed by atoms with Crippen LogP contribution in [0.3, 0.4) is 0 Å². The van der Waals surface area contributed by atoms with Crippen LogP contribution in [0.15, 0.2) is 21.9 Å². The van der Waals surface area contributed by atoms with E-state index in [9.17, 15) is 9.59 Å². The van der Waals surface area contributed by atoms with Crippen LogP contribution in [-0.4, -0.2) is 9.35 Å². The van der Waals surface area contributed by atoms with E-state index in [1.54, 1.807) is 0 Å².